The van der Waals surface area contributed by atoms with Crippen molar-refractivity contribution in [2.24, 2.45) is 0 Å². The molecule has 0 atom stereocenters. The van der Waals surface area contributed by atoms with Crippen LogP contribution < -0.4 is 15.4 Å². The molecule has 3 aromatic rings. The number of carbonyl (C=O) groups is 2. The minimum Gasteiger partial charge on any atom is -0.488 e. The van der Waals surface area contributed by atoms with Gasteiger partial charge in [-0.2, -0.15) is 0 Å². The summed E-state index contributed by atoms with van der Waals surface area (Å²) in [6, 6.07) is 19.8. The fraction of sp³-hybridized carbons (Fsp3) is 0.130. The van der Waals surface area contributed by atoms with Crippen LogP contribution in [0.25, 0.3) is 0 Å². The minimum atomic E-state index is -0.335. The Hall–Kier alpha value is -3.67. The summed E-state index contributed by atoms with van der Waals surface area (Å²) in [6.45, 7) is 1.98. The predicted molar refractivity (Wildman–Crippen MR) is 110 cm³/mol. The molecule has 3 rings (SSSR count). The molecular formula is C23H21FN2O3. The highest BCUT2D eigenvalue weighted by Crippen LogP contribution is 2.22. The average Bonchev–Trinajstić information content (AvgIpc) is 2.73. The van der Waals surface area contributed by atoms with Crippen LogP contribution in [0.2, 0.25) is 0 Å². The van der Waals surface area contributed by atoms with Gasteiger partial charge in [0.25, 0.3) is 5.91 Å². The number of hydrogen-bond donors (Lipinski definition) is 2. The largest absolute Gasteiger partial charge is 0.488 e. The van der Waals surface area contributed by atoms with Gasteiger partial charge in [-0.1, -0.05) is 37.3 Å². The third-order valence-corrected chi connectivity index (χ3v) is 4.16. The van der Waals surface area contributed by atoms with Crippen molar-refractivity contribution in [1.29, 1.82) is 0 Å². The minimum absolute atomic E-state index is 0.104. The molecular weight excluding hydrogens is 371 g/mol. The van der Waals surface area contributed by atoms with Crippen LogP contribution in [0, 0.1) is 5.82 Å². The molecule has 2 amide bonds. The SMILES string of the molecule is CCC(=O)Nc1cccc(NC(=O)c2ccccc2OCc2ccc(F)cc2)c1. The molecule has 0 saturated heterocycles. The molecule has 0 aromatic heterocycles. The second-order valence-corrected chi connectivity index (χ2v) is 6.35. The lowest BCUT2D eigenvalue weighted by molar-refractivity contribution is -0.115. The standard InChI is InChI=1S/C23H21FN2O3/c1-2-22(27)25-18-6-5-7-19(14-18)26-23(28)20-8-3-4-9-21(20)29-15-16-10-12-17(24)13-11-16/h3-14H,2,15H2,1H3,(H,25,27)(H,26,28). The number of anilines is 2. The molecule has 0 spiro atoms. The number of halogens is 1. The van der Waals surface area contributed by atoms with Gasteiger partial charge in [0.05, 0.1) is 5.56 Å². The topological polar surface area (TPSA) is 67.4 Å². The zero-order chi connectivity index (χ0) is 20.6. The van der Waals surface area contributed by atoms with Crippen molar-refractivity contribution in [3.8, 4) is 5.75 Å². The Morgan fingerprint density at radius 2 is 1.59 bits per heavy atom. The average molecular weight is 392 g/mol. The van der Waals surface area contributed by atoms with Crippen LogP contribution in [0.4, 0.5) is 15.8 Å². The van der Waals surface area contributed by atoms with Gasteiger partial charge in [-0.25, -0.2) is 4.39 Å². The zero-order valence-electron chi connectivity index (χ0n) is 15.9. The molecule has 6 heteroatoms. The molecule has 0 radical (unpaired) electrons. The molecule has 0 saturated carbocycles. The molecule has 0 aliphatic rings. The van der Waals surface area contributed by atoms with Crippen LogP contribution in [0.1, 0.15) is 29.3 Å². The number of amides is 2. The molecule has 148 valence electrons. The predicted octanol–water partition coefficient (Wildman–Crippen LogP) is 5.01. The van der Waals surface area contributed by atoms with E-state index < -0.39 is 0 Å². The molecule has 2 N–H and O–H groups in total. The highest BCUT2D eigenvalue weighted by Gasteiger charge is 2.13. The second kappa shape index (κ2) is 9.50. The highest BCUT2D eigenvalue weighted by atomic mass is 19.1. The van der Waals surface area contributed by atoms with Gasteiger partial charge in [0, 0.05) is 17.8 Å². The number of carbonyl (C=O) groups excluding carboxylic acids is 2. The van der Waals surface area contributed by atoms with E-state index in [0.29, 0.717) is 29.1 Å². The molecule has 3 aromatic carbocycles. The van der Waals surface area contributed by atoms with Crippen molar-refractivity contribution in [3.63, 3.8) is 0 Å². The fourth-order valence-corrected chi connectivity index (χ4v) is 2.64. The van der Waals surface area contributed by atoms with E-state index in [0.717, 1.165) is 5.56 Å². The van der Waals surface area contributed by atoms with E-state index in [2.05, 4.69) is 10.6 Å². The summed E-state index contributed by atoms with van der Waals surface area (Å²) < 4.78 is 18.8. The summed E-state index contributed by atoms with van der Waals surface area (Å²) in [6.07, 6.45) is 0.370. The van der Waals surface area contributed by atoms with Crippen LogP contribution >= 0.6 is 0 Å². The highest BCUT2D eigenvalue weighted by molar-refractivity contribution is 6.06. The van der Waals surface area contributed by atoms with E-state index in [9.17, 15) is 14.0 Å². The van der Waals surface area contributed by atoms with Crippen molar-refractivity contribution < 1.29 is 18.7 Å². The van der Waals surface area contributed by atoms with Crippen molar-refractivity contribution in [1.82, 2.24) is 0 Å². The maximum absolute atomic E-state index is 13.0. The number of para-hydroxylation sites is 1. The summed E-state index contributed by atoms with van der Waals surface area (Å²) in [5, 5.41) is 5.57. The van der Waals surface area contributed by atoms with E-state index in [1.165, 1.54) is 12.1 Å². The summed E-state index contributed by atoms with van der Waals surface area (Å²) in [5.41, 5.74) is 2.33. The Balaban J connectivity index is 1.70. The maximum atomic E-state index is 13.0. The smallest absolute Gasteiger partial charge is 0.259 e. The van der Waals surface area contributed by atoms with E-state index >= 15 is 0 Å². The number of ether oxygens (including phenoxy) is 1. The lowest BCUT2D eigenvalue weighted by atomic mass is 10.1. The van der Waals surface area contributed by atoms with Crippen molar-refractivity contribution in [2.75, 3.05) is 10.6 Å². The van der Waals surface area contributed by atoms with Crippen molar-refractivity contribution in [3.05, 3.63) is 89.7 Å². The fourth-order valence-electron chi connectivity index (χ4n) is 2.64. The molecule has 0 fully saturated rings. The van der Waals surface area contributed by atoms with Gasteiger partial charge in [0.2, 0.25) is 5.91 Å². The van der Waals surface area contributed by atoms with Gasteiger partial charge in [-0.05, 0) is 48.0 Å². The van der Waals surface area contributed by atoms with Gasteiger partial charge in [-0.15, -0.1) is 0 Å². The third-order valence-electron chi connectivity index (χ3n) is 4.16. The lowest BCUT2D eigenvalue weighted by Gasteiger charge is -2.12. The summed E-state index contributed by atoms with van der Waals surface area (Å²) in [4.78, 5) is 24.3. The first-order chi connectivity index (χ1) is 14.0. The normalized spacial score (nSPS) is 10.3. The van der Waals surface area contributed by atoms with E-state index in [4.69, 9.17) is 4.74 Å². The maximum Gasteiger partial charge on any atom is 0.259 e. The van der Waals surface area contributed by atoms with E-state index in [-0.39, 0.29) is 24.2 Å². The van der Waals surface area contributed by atoms with Crippen LogP contribution in [0.5, 0.6) is 5.75 Å². The quantitative estimate of drug-likeness (QED) is 0.594. The lowest BCUT2D eigenvalue weighted by Crippen LogP contribution is -2.14. The number of nitrogens with one attached hydrogen (secondary N) is 2. The van der Waals surface area contributed by atoms with Crippen LogP contribution in [-0.4, -0.2) is 11.8 Å². The van der Waals surface area contributed by atoms with Gasteiger partial charge < -0.3 is 15.4 Å². The van der Waals surface area contributed by atoms with E-state index in [1.807, 2.05) is 0 Å². The molecule has 0 aliphatic heterocycles. The van der Waals surface area contributed by atoms with E-state index in [1.54, 1.807) is 67.6 Å². The Labute approximate surface area is 168 Å². The number of hydrogen-bond acceptors (Lipinski definition) is 3. The van der Waals surface area contributed by atoms with Crippen molar-refractivity contribution in [2.45, 2.75) is 20.0 Å². The summed E-state index contributed by atoms with van der Waals surface area (Å²) >= 11 is 0. The monoisotopic (exact) mass is 392 g/mol. The number of rotatable bonds is 7. The second-order valence-electron chi connectivity index (χ2n) is 6.35. The molecule has 0 aliphatic carbocycles. The molecule has 0 unspecified atom stereocenters. The Morgan fingerprint density at radius 3 is 2.31 bits per heavy atom. The first-order valence-corrected chi connectivity index (χ1v) is 9.22. The van der Waals surface area contributed by atoms with Crippen LogP contribution in [0.3, 0.4) is 0 Å². The third kappa shape index (κ3) is 5.65. The Morgan fingerprint density at radius 1 is 0.897 bits per heavy atom. The first-order valence-electron chi connectivity index (χ1n) is 9.22. The van der Waals surface area contributed by atoms with Crippen molar-refractivity contribution >= 4 is 23.2 Å². The van der Waals surface area contributed by atoms with Crippen LogP contribution in [-0.2, 0) is 11.4 Å². The molecule has 29 heavy (non-hydrogen) atoms. The number of benzene rings is 3. The van der Waals surface area contributed by atoms with Crippen LogP contribution in [0.15, 0.2) is 72.8 Å². The van der Waals surface area contributed by atoms with Gasteiger partial charge in [-0.3, -0.25) is 9.59 Å². The van der Waals surface area contributed by atoms with Gasteiger partial charge >= 0.3 is 0 Å². The zero-order valence-corrected chi connectivity index (χ0v) is 15.9. The molecule has 0 bridgehead atoms. The molecule has 5 nitrogen and oxygen atoms in total. The van der Waals surface area contributed by atoms with Gasteiger partial charge in [0.15, 0.2) is 0 Å². The summed E-state index contributed by atoms with van der Waals surface area (Å²) in [7, 11) is 0. The Bertz CT molecular complexity index is 1000. The summed E-state index contributed by atoms with van der Waals surface area (Å²) in [5.74, 6) is -0.331. The van der Waals surface area contributed by atoms with Gasteiger partial charge in [0.1, 0.15) is 18.2 Å². The molecule has 0 heterocycles. The first kappa shape index (κ1) is 20.1. The Kier molecular flexibility index (Phi) is 6.58.